The van der Waals surface area contributed by atoms with Gasteiger partial charge in [0.1, 0.15) is 5.56 Å². The van der Waals surface area contributed by atoms with Crippen molar-refractivity contribution in [3.05, 3.63) is 100 Å². The minimum atomic E-state index is -4.66. The summed E-state index contributed by atoms with van der Waals surface area (Å²) in [5, 5.41) is 1.36. The highest BCUT2D eigenvalue weighted by molar-refractivity contribution is 7.90. The Morgan fingerprint density at radius 3 is 2.29 bits per heavy atom. The predicted molar refractivity (Wildman–Crippen MR) is 126 cm³/mol. The number of carbonyl (C=O) groups excluding carboxylic acids is 1. The van der Waals surface area contributed by atoms with Crippen LogP contribution in [0.2, 0.25) is 0 Å². The van der Waals surface area contributed by atoms with Gasteiger partial charge in [0.15, 0.2) is 9.84 Å². The van der Waals surface area contributed by atoms with E-state index in [0.29, 0.717) is 10.9 Å². The summed E-state index contributed by atoms with van der Waals surface area (Å²) in [5.74, 6) is -0.913. The number of fused-ring (bicyclic) bond motifs is 1. The summed E-state index contributed by atoms with van der Waals surface area (Å²) in [5.41, 5.74) is 1.20. The molecule has 7 nitrogen and oxygen atoms in total. The molecule has 0 fully saturated rings. The molecule has 4 rings (SSSR count). The number of hydrogen-bond acceptors (Lipinski definition) is 5. The normalized spacial score (nSPS) is 11.9. The number of sulfone groups is 1. The maximum absolute atomic E-state index is 13.5. The van der Waals surface area contributed by atoms with E-state index >= 15 is 0 Å². The van der Waals surface area contributed by atoms with Gasteiger partial charge in [-0.25, -0.2) is 13.4 Å². The average molecular weight is 501 g/mol. The molecule has 0 radical (unpaired) electrons. The monoisotopic (exact) mass is 501 g/mol. The second kappa shape index (κ2) is 8.91. The molecule has 1 aromatic heterocycles. The number of carbonyl (C=O) groups is 1. The van der Waals surface area contributed by atoms with E-state index in [1.807, 2.05) is 0 Å². The van der Waals surface area contributed by atoms with Crippen LogP contribution in [0.15, 0.2) is 88.6 Å². The number of nitrogens with zero attached hydrogens (tertiary/aromatic N) is 1. The van der Waals surface area contributed by atoms with Crippen LogP contribution >= 0.6 is 0 Å². The highest BCUT2D eigenvalue weighted by atomic mass is 32.2. The van der Waals surface area contributed by atoms with Crippen LogP contribution in [0.1, 0.15) is 15.9 Å². The third kappa shape index (κ3) is 5.19. The molecule has 1 amide bonds. The van der Waals surface area contributed by atoms with Crippen LogP contribution in [0.3, 0.4) is 0 Å². The summed E-state index contributed by atoms with van der Waals surface area (Å²) in [6.07, 6.45) is -3.64. The van der Waals surface area contributed by atoms with Crippen molar-refractivity contribution in [3.8, 4) is 0 Å². The Morgan fingerprint density at radius 2 is 1.63 bits per heavy atom. The first-order chi connectivity index (χ1) is 16.4. The van der Waals surface area contributed by atoms with E-state index in [1.54, 1.807) is 24.3 Å². The van der Waals surface area contributed by atoms with Crippen LogP contribution in [0.25, 0.3) is 10.9 Å². The lowest BCUT2D eigenvalue weighted by atomic mass is 10.1. The Balaban J connectivity index is 1.81. The van der Waals surface area contributed by atoms with Gasteiger partial charge in [-0.3, -0.25) is 15.0 Å². The first-order valence-electron chi connectivity index (χ1n) is 10.1. The molecule has 0 saturated carbocycles. The zero-order chi connectivity index (χ0) is 25.4. The van der Waals surface area contributed by atoms with E-state index < -0.39 is 33.0 Å². The van der Waals surface area contributed by atoms with Gasteiger partial charge < -0.3 is 4.98 Å². The van der Waals surface area contributed by atoms with Gasteiger partial charge in [-0.1, -0.05) is 24.3 Å². The van der Waals surface area contributed by atoms with Gasteiger partial charge in [0.25, 0.3) is 11.5 Å². The van der Waals surface area contributed by atoms with Crippen LogP contribution in [0.5, 0.6) is 0 Å². The maximum atomic E-state index is 13.5. The first-order valence-corrected chi connectivity index (χ1v) is 12.0. The third-order valence-electron chi connectivity index (χ3n) is 5.14. The Kier molecular flexibility index (Phi) is 6.12. The van der Waals surface area contributed by atoms with Gasteiger partial charge in [-0.2, -0.15) is 13.2 Å². The molecular weight excluding hydrogens is 483 g/mol. The number of anilines is 2. The molecular formula is C24H18F3N3O4S. The maximum Gasteiger partial charge on any atom is 0.416 e. The average Bonchev–Trinajstić information content (AvgIpc) is 2.81. The molecule has 0 saturated heterocycles. The van der Waals surface area contributed by atoms with Crippen molar-refractivity contribution in [2.75, 3.05) is 16.7 Å². The summed E-state index contributed by atoms with van der Waals surface area (Å²) in [4.78, 5) is 28.7. The molecule has 11 heteroatoms. The highest BCUT2D eigenvalue weighted by Crippen LogP contribution is 2.32. The molecule has 3 aromatic carbocycles. The largest absolute Gasteiger partial charge is 0.416 e. The quantitative estimate of drug-likeness (QED) is 0.389. The van der Waals surface area contributed by atoms with Crippen LogP contribution in [0, 0.1) is 0 Å². The fourth-order valence-corrected chi connectivity index (χ4v) is 4.02. The molecule has 4 aromatic rings. The number of hydrogen-bond donors (Lipinski definition) is 2. The van der Waals surface area contributed by atoms with Crippen LogP contribution < -0.4 is 16.0 Å². The van der Waals surface area contributed by atoms with E-state index in [2.05, 4.69) is 10.4 Å². The van der Waals surface area contributed by atoms with Crippen LogP contribution in [-0.4, -0.2) is 25.6 Å². The summed E-state index contributed by atoms with van der Waals surface area (Å²) < 4.78 is 63.5. The van der Waals surface area contributed by atoms with Crippen molar-refractivity contribution in [1.29, 1.82) is 0 Å². The van der Waals surface area contributed by atoms with Crippen LogP contribution in [0.4, 0.5) is 24.5 Å². The van der Waals surface area contributed by atoms with E-state index in [4.69, 9.17) is 0 Å². The van der Waals surface area contributed by atoms with E-state index in [1.165, 1.54) is 36.4 Å². The smallest absolute Gasteiger partial charge is 0.321 e. The zero-order valence-corrected chi connectivity index (χ0v) is 18.9. The number of para-hydroxylation sites is 1. The summed E-state index contributed by atoms with van der Waals surface area (Å²) in [6.45, 7) is 0. The van der Waals surface area contributed by atoms with Crippen molar-refractivity contribution in [1.82, 2.24) is 4.98 Å². The second-order valence-corrected chi connectivity index (χ2v) is 9.71. The number of halogens is 3. The number of pyridine rings is 1. The summed E-state index contributed by atoms with van der Waals surface area (Å²) in [6, 6.07) is 17.4. The Hall–Kier alpha value is -4.12. The van der Waals surface area contributed by atoms with Gasteiger partial charge in [0.05, 0.1) is 21.8 Å². The second-order valence-electron chi connectivity index (χ2n) is 7.70. The van der Waals surface area contributed by atoms with Gasteiger partial charge in [0.2, 0.25) is 0 Å². The number of benzene rings is 3. The molecule has 0 unspecified atom stereocenters. The summed E-state index contributed by atoms with van der Waals surface area (Å²) >= 11 is 0. The number of alkyl halides is 3. The number of hydrazine groups is 1. The predicted octanol–water partition coefficient (Wildman–Crippen LogP) is 4.62. The van der Waals surface area contributed by atoms with E-state index in [-0.39, 0.29) is 21.8 Å². The van der Waals surface area contributed by atoms with E-state index in [0.717, 1.165) is 29.5 Å². The number of nitrogens with one attached hydrogen (secondary N) is 2. The molecule has 1 heterocycles. The van der Waals surface area contributed by atoms with Gasteiger partial charge >= 0.3 is 6.18 Å². The van der Waals surface area contributed by atoms with E-state index in [9.17, 15) is 31.2 Å². The van der Waals surface area contributed by atoms with Crippen LogP contribution in [-0.2, 0) is 16.0 Å². The fourth-order valence-electron chi connectivity index (χ4n) is 3.39. The first kappa shape index (κ1) is 24.0. The molecule has 180 valence electrons. The number of amides is 1. The Bertz CT molecular complexity index is 1580. The van der Waals surface area contributed by atoms with Gasteiger partial charge in [0, 0.05) is 11.8 Å². The van der Waals surface area contributed by atoms with Crippen molar-refractivity contribution < 1.29 is 26.4 Å². The lowest BCUT2D eigenvalue weighted by Gasteiger charge is -2.25. The number of H-pyrrole nitrogens is 1. The van der Waals surface area contributed by atoms with Crippen molar-refractivity contribution >= 4 is 38.0 Å². The lowest BCUT2D eigenvalue weighted by molar-refractivity contribution is -0.137. The molecule has 0 bridgehead atoms. The lowest BCUT2D eigenvalue weighted by Crippen LogP contribution is -2.39. The molecule has 0 aliphatic carbocycles. The number of rotatable bonds is 5. The molecule has 0 aliphatic heterocycles. The third-order valence-corrected chi connectivity index (χ3v) is 6.27. The molecule has 0 atom stereocenters. The molecule has 0 spiro atoms. The Morgan fingerprint density at radius 1 is 0.943 bits per heavy atom. The van der Waals surface area contributed by atoms with Gasteiger partial charge in [-0.15, -0.1) is 0 Å². The zero-order valence-electron chi connectivity index (χ0n) is 18.1. The van der Waals surface area contributed by atoms with Gasteiger partial charge in [-0.05, 0) is 60.0 Å². The fraction of sp³-hybridized carbons (Fsp3) is 0.0833. The standard InChI is InChI=1S/C24H18F3N3O4S/c1-35(33,34)19-11-9-17(10-12-19)29-30(18-7-4-6-16(14-18)24(25,26)27)23(32)20-13-15-5-2-3-8-21(15)28-22(20)31/h2-14,29H,1H3,(H,28,31). The minimum absolute atomic E-state index is 0.0194. The van der Waals surface area contributed by atoms with Crippen molar-refractivity contribution in [2.24, 2.45) is 0 Å². The molecule has 2 N–H and O–H groups in total. The highest BCUT2D eigenvalue weighted by Gasteiger charge is 2.32. The SMILES string of the molecule is CS(=O)(=O)c1ccc(NN(C(=O)c2cc3ccccc3[nH]c2=O)c2cccc(C(F)(F)F)c2)cc1. The number of aromatic amines is 1. The summed E-state index contributed by atoms with van der Waals surface area (Å²) in [7, 11) is -3.49. The van der Waals surface area contributed by atoms with Crippen molar-refractivity contribution in [2.45, 2.75) is 11.1 Å². The topological polar surface area (TPSA) is 99.3 Å². The Labute approximate surface area is 197 Å². The number of aromatic nitrogens is 1. The van der Waals surface area contributed by atoms with Crippen molar-refractivity contribution in [3.63, 3.8) is 0 Å². The molecule has 35 heavy (non-hydrogen) atoms. The minimum Gasteiger partial charge on any atom is -0.321 e. The molecule has 0 aliphatic rings.